The maximum Gasteiger partial charge on any atom is 0.338 e. The minimum absolute atomic E-state index is 0.0583. The highest BCUT2D eigenvalue weighted by Gasteiger charge is 2.13. The van der Waals surface area contributed by atoms with Gasteiger partial charge in [-0.1, -0.05) is 44.4 Å². The standard InChI is InChI=1S/C15H22O2/c1-4-6-10-14(5-2)17-15(16)13-9-7-8-12(3)11-13/h7-9,11,14H,4-6,10H2,1-3H3/t14-/m0/s1. The maximum absolute atomic E-state index is 11.9. The van der Waals surface area contributed by atoms with Gasteiger partial charge in [-0.2, -0.15) is 0 Å². The fourth-order valence-electron chi connectivity index (χ4n) is 1.77. The maximum atomic E-state index is 11.9. The minimum Gasteiger partial charge on any atom is -0.459 e. The second kappa shape index (κ2) is 7.10. The van der Waals surface area contributed by atoms with Crippen molar-refractivity contribution >= 4 is 5.97 Å². The molecule has 17 heavy (non-hydrogen) atoms. The molecule has 1 aromatic carbocycles. The molecular weight excluding hydrogens is 212 g/mol. The van der Waals surface area contributed by atoms with Gasteiger partial charge in [0.1, 0.15) is 6.10 Å². The van der Waals surface area contributed by atoms with E-state index in [1.807, 2.05) is 31.2 Å². The predicted octanol–water partition coefficient (Wildman–Crippen LogP) is 4.12. The lowest BCUT2D eigenvalue weighted by atomic mass is 10.1. The Morgan fingerprint density at radius 3 is 2.71 bits per heavy atom. The van der Waals surface area contributed by atoms with E-state index in [-0.39, 0.29) is 12.1 Å². The van der Waals surface area contributed by atoms with Gasteiger partial charge >= 0.3 is 5.97 Å². The van der Waals surface area contributed by atoms with Crippen LogP contribution in [0.4, 0.5) is 0 Å². The number of ether oxygens (including phenoxy) is 1. The van der Waals surface area contributed by atoms with Crippen LogP contribution in [0, 0.1) is 6.92 Å². The number of rotatable bonds is 6. The molecule has 0 heterocycles. The number of carbonyl (C=O) groups is 1. The summed E-state index contributed by atoms with van der Waals surface area (Å²) in [7, 11) is 0. The summed E-state index contributed by atoms with van der Waals surface area (Å²) in [6.07, 6.45) is 4.16. The van der Waals surface area contributed by atoms with Crippen molar-refractivity contribution in [3.8, 4) is 0 Å². The number of esters is 1. The second-order valence-electron chi connectivity index (χ2n) is 4.45. The molecule has 0 aliphatic rings. The zero-order valence-corrected chi connectivity index (χ0v) is 11.0. The topological polar surface area (TPSA) is 26.3 Å². The third-order valence-electron chi connectivity index (χ3n) is 2.86. The van der Waals surface area contributed by atoms with Gasteiger partial charge < -0.3 is 4.74 Å². The summed E-state index contributed by atoms with van der Waals surface area (Å²) in [5.41, 5.74) is 1.74. The molecule has 0 aliphatic carbocycles. The number of hydrogen-bond donors (Lipinski definition) is 0. The highest BCUT2D eigenvalue weighted by atomic mass is 16.5. The van der Waals surface area contributed by atoms with Crippen LogP contribution in [-0.2, 0) is 4.74 Å². The summed E-state index contributed by atoms with van der Waals surface area (Å²) in [5.74, 6) is -0.198. The molecule has 0 bridgehead atoms. The quantitative estimate of drug-likeness (QED) is 0.692. The molecule has 0 unspecified atom stereocenters. The molecule has 2 heteroatoms. The Kier molecular flexibility index (Phi) is 5.75. The predicted molar refractivity (Wildman–Crippen MR) is 70.2 cm³/mol. The summed E-state index contributed by atoms with van der Waals surface area (Å²) < 4.78 is 5.50. The van der Waals surface area contributed by atoms with E-state index >= 15 is 0 Å². The van der Waals surface area contributed by atoms with Crippen molar-refractivity contribution in [3.63, 3.8) is 0 Å². The molecule has 1 atom stereocenters. The van der Waals surface area contributed by atoms with Crippen LogP contribution in [-0.4, -0.2) is 12.1 Å². The average molecular weight is 234 g/mol. The van der Waals surface area contributed by atoms with Crippen LogP contribution in [0.1, 0.15) is 55.5 Å². The molecule has 0 spiro atoms. The van der Waals surface area contributed by atoms with Crippen molar-refractivity contribution < 1.29 is 9.53 Å². The van der Waals surface area contributed by atoms with Gasteiger partial charge in [0.05, 0.1) is 5.56 Å². The molecule has 0 N–H and O–H groups in total. The summed E-state index contributed by atoms with van der Waals surface area (Å²) in [4.78, 5) is 11.9. The van der Waals surface area contributed by atoms with Crippen LogP contribution in [0.2, 0.25) is 0 Å². The van der Waals surface area contributed by atoms with Crippen molar-refractivity contribution in [2.24, 2.45) is 0 Å². The van der Waals surface area contributed by atoms with Crippen molar-refractivity contribution in [3.05, 3.63) is 35.4 Å². The second-order valence-corrected chi connectivity index (χ2v) is 4.45. The largest absolute Gasteiger partial charge is 0.459 e. The Bertz CT molecular complexity index is 358. The highest BCUT2D eigenvalue weighted by Crippen LogP contribution is 2.12. The van der Waals surface area contributed by atoms with Crippen LogP contribution in [0.15, 0.2) is 24.3 Å². The number of hydrogen-bond acceptors (Lipinski definition) is 2. The molecular formula is C15H22O2. The van der Waals surface area contributed by atoms with E-state index in [4.69, 9.17) is 4.74 Å². The summed E-state index contributed by atoms with van der Waals surface area (Å²) >= 11 is 0. The molecule has 94 valence electrons. The van der Waals surface area contributed by atoms with E-state index in [0.717, 1.165) is 31.2 Å². The van der Waals surface area contributed by atoms with E-state index in [1.54, 1.807) is 0 Å². The molecule has 0 aromatic heterocycles. The fraction of sp³-hybridized carbons (Fsp3) is 0.533. The SMILES string of the molecule is CCCC[C@H](CC)OC(=O)c1cccc(C)c1. The number of aryl methyl sites for hydroxylation is 1. The Labute approximate surface area is 104 Å². The van der Waals surface area contributed by atoms with Gasteiger partial charge in [0.15, 0.2) is 0 Å². The van der Waals surface area contributed by atoms with Gasteiger partial charge in [0.2, 0.25) is 0 Å². The first kappa shape index (κ1) is 13.8. The number of benzene rings is 1. The van der Waals surface area contributed by atoms with Gasteiger partial charge in [-0.05, 0) is 31.9 Å². The van der Waals surface area contributed by atoms with Crippen LogP contribution < -0.4 is 0 Å². The zero-order chi connectivity index (χ0) is 12.7. The van der Waals surface area contributed by atoms with Gasteiger partial charge in [-0.3, -0.25) is 0 Å². The van der Waals surface area contributed by atoms with Crippen LogP contribution in [0.3, 0.4) is 0 Å². The fourth-order valence-corrected chi connectivity index (χ4v) is 1.77. The van der Waals surface area contributed by atoms with E-state index < -0.39 is 0 Å². The Morgan fingerprint density at radius 1 is 1.35 bits per heavy atom. The van der Waals surface area contributed by atoms with Gasteiger partial charge in [0.25, 0.3) is 0 Å². The first-order valence-corrected chi connectivity index (χ1v) is 6.45. The van der Waals surface area contributed by atoms with Crippen molar-refractivity contribution in [1.29, 1.82) is 0 Å². The molecule has 2 nitrogen and oxygen atoms in total. The molecule has 0 saturated carbocycles. The Hall–Kier alpha value is -1.31. The van der Waals surface area contributed by atoms with Crippen molar-refractivity contribution in [1.82, 2.24) is 0 Å². The molecule has 1 aromatic rings. The van der Waals surface area contributed by atoms with E-state index in [0.29, 0.717) is 5.56 Å². The van der Waals surface area contributed by atoms with Crippen LogP contribution in [0.5, 0.6) is 0 Å². The normalized spacial score (nSPS) is 12.2. The first-order valence-electron chi connectivity index (χ1n) is 6.45. The molecule has 0 fully saturated rings. The third-order valence-corrected chi connectivity index (χ3v) is 2.86. The molecule has 0 amide bonds. The number of unbranched alkanes of at least 4 members (excludes halogenated alkanes) is 1. The lowest BCUT2D eigenvalue weighted by molar-refractivity contribution is 0.0268. The van der Waals surface area contributed by atoms with Crippen LogP contribution >= 0.6 is 0 Å². The average Bonchev–Trinajstić information content (AvgIpc) is 2.34. The smallest absolute Gasteiger partial charge is 0.338 e. The Balaban J connectivity index is 2.58. The van der Waals surface area contributed by atoms with E-state index in [1.165, 1.54) is 0 Å². The molecule has 0 aliphatic heterocycles. The lowest BCUT2D eigenvalue weighted by Crippen LogP contribution is -2.17. The number of carbonyl (C=O) groups excluding carboxylic acids is 1. The highest BCUT2D eigenvalue weighted by molar-refractivity contribution is 5.89. The van der Waals surface area contributed by atoms with Crippen LogP contribution in [0.25, 0.3) is 0 Å². The summed E-state index contributed by atoms with van der Waals surface area (Å²) in [5, 5.41) is 0. The summed E-state index contributed by atoms with van der Waals surface area (Å²) in [6, 6.07) is 7.54. The first-order chi connectivity index (χ1) is 8.17. The van der Waals surface area contributed by atoms with Crippen molar-refractivity contribution in [2.75, 3.05) is 0 Å². The van der Waals surface area contributed by atoms with E-state index in [2.05, 4.69) is 13.8 Å². The van der Waals surface area contributed by atoms with Gasteiger partial charge in [-0.25, -0.2) is 4.79 Å². The lowest BCUT2D eigenvalue weighted by Gasteiger charge is -2.15. The Morgan fingerprint density at radius 2 is 2.12 bits per heavy atom. The minimum atomic E-state index is -0.198. The van der Waals surface area contributed by atoms with Crippen molar-refractivity contribution in [2.45, 2.75) is 52.6 Å². The third kappa shape index (κ3) is 4.59. The van der Waals surface area contributed by atoms with E-state index in [9.17, 15) is 4.79 Å². The molecule has 0 radical (unpaired) electrons. The zero-order valence-electron chi connectivity index (χ0n) is 11.0. The van der Waals surface area contributed by atoms with Gasteiger partial charge in [0, 0.05) is 0 Å². The monoisotopic (exact) mass is 234 g/mol. The molecule has 1 rings (SSSR count). The van der Waals surface area contributed by atoms with Gasteiger partial charge in [-0.15, -0.1) is 0 Å². The molecule has 0 saturated heterocycles. The summed E-state index contributed by atoms with van der Waals surface area (Å²) in [6.45, 7) is 6.18.